The lowest BCUT2D eigenvalue weighted by Gasteiger charge is -2.19. The molecule has 9 nitrogen and oxygen atoms in total. The summed E-state index contributed by atoms with van der Waals surface area (Å²) in [5.41, 5.74) is 0.854. The number of hydrogen-bond acceptors (Lipinski definition) is 8. The number of thioether (sulfide) groups is 1. The number of amides is 1. The Morgan fingerprint density at radius 1 is 1.06 bits per heavy atom. The highest BCUT2D eigenvalue weighted by Crippen LogP contribution is 2.24. The van der Waals surface area contributed by atoms with Gasteiger partial charge in [0, 0.05) is 12.7 Å². The summed E-state index contributed by atoms with van der Waals surface area (Å²) in [5, 5.41) is 10.6. The van der Waals surface area contributed by atoms with E-state index >= 15 is 0 Å². The van der Waals surface area contributed by atoms with Gasteiger partial charge < -0.3 is 14.5 Å². The van der Waals surface area contributed by atoms with Gasteiger partial charge in [0.25, 0.3) is 21.1 Å². The summed E-state index contributed by atoms with van der Waals surface area (Å²) in [6.07, 6.45) is 0. The van der Waals surface area contributed by atoms with Gasteiger partial charge in [0.2, 0.25) is 5.91 Å². The van der Waals surface area contributed by atoms with Gasteiger partial charge in [-0.1, -0.05) is 36.0 Å². The summed E-state index contributed by atoms with van der Waals surface area (Å²) < 4.78 is 51.0. The highest BCUT2D eigenvalue weighted by atomic mass is 32.2. The molecule has 0 saturated carbocycles. The third-order valence-corrected chi connectivity index (χ3v) is 7.45. The minimum Gasteiger partial charge on any atom is -0.484 e. The van der Waals surface area contributed by atoms with E-state index in [0.29, 0.717) is 17.1 Å². The van der Waals surface area contributed by atoms with Crippen LogP contribution in [0.25, 0.3) is 0 Å². The molecule has 3 aromatic carbocycles. The summed E-state index contributed by atoms with van der Waals surface area (Å²) >= 11 is 1.02. The quantitative estimate of drug-likeness (QED) is 0.302. The van der Waals surface area contributed by atoms with Crippen molar-refractivity contribution >= 4 is 39.1 Å². The molecule has 12 heteroatoms. The van der Waals surface area contributed by atoms with Crippen molar-refractivity contribution in [2.24, 2.45) is 0 Å². The molecule has 4 aromatic rings. The van der Waals surface area contributed by atoms with Crippen LogP contribution in [0.4, 0.5) is 15.8 Å². The van der Waals surface area contributed by atoms with Gasteiger partial charge >= 0.3 is 0 Å². The normalized spacial score (nSPS) is 11.2. The lowest BCUT2D eigenvalue weighted by molar-refractivity contribution is -0.113. The molecule has 186 valence electrons. The molecule has 0 bridgehead atoms. The molecule has 4 rings (SSSR count). The molecule has 0 saturated heterocycles. The smallest absolute Gasteiger partial charge is 0.277 e. The van der Waals surface area contributed by atoms with Gasteiger partial charge in [-0.05, 0) is 54.6 Å². The van der Waals surface area contributed by atoms with Crippen molar-refractivity contribution in [3.63, 3.8) is 0 Å². The number of aromatic nitrogens is 2. The van der Waals surface area contributed by atoms with E-state index in [1.54, 1.807) is 42.5 Å². The highest BCUT2D eigenvalue weighted by Gasteiger charge is 2.21. The van der Waals surface area contributed by atoms with Crippen LogP contribution in [0.5, 0.6) is 5.75 Å². The van der Waals surface area contributed by atoms with E-state index in [2.05, 4.69) is 15.5 Å². The molecule has 1 heterocycles. The molecule has 1 N–H and O–H groups in total. The van der Waals surface area contributed by atoms with Crippen LogP contribution in [0, 0.1) is 5.82 Å². The van der Waals surface area contributed by atoms with Crippen molar-refractivity contribution in [3.8, 4) is 5.75 Å². The topological polar surface area (TPSA) is 115 Å². The second kappa shape index (κ2) is 11.2. The number of carbonyl (C=O) groups is 1. The number of carbonyl (C=O) groups excluding carboxylic acids is 1. The SMILES string of the molecule is CN(c1ccccc1)S(=O)(=O)c1cccc(NC(=O)CSc2nnc(COc3ccc(F)cc3)o2)c1. The third kappa shape index (κ3) is 6.40. The van der Waals surface area contributed by atoms with Crippen LogP contribution in [0.3, 0.4) is 0 Å². The minimum absolute atomic E-state index is 0.00984. The molecule has 0 spiro atoms. The second-order valence-electron chi connectivity index (χ2n) is 7.38. The van der Waals surface area contributed by atoms with Crippen molar-refractivity contribution in [3.05, 3.63) is 90.6 Å². The maximum absolute atomic E-state index is 13.0. The van der Waals surface area contributed by atoms with E-state index in [-0.39, 0.29) is 40.1 Å². The zero-order valence-electron chi connectivity index (χ0n) is 19.0. The molecule has 1 amide bonds. The van der Waals surface area contributed by atoms with E-state index in [4.69, 9.17) is 9.15 Å². The fourth-order valence-electron chi connectivity index (χ4n) is 3.02. The fourth-order valence-corrected chi connectivity index (χ4v) is 4.85. The lowest BCUT2D eigenvalue weighted by Crippen LogP contribution is -2.26. The Labute approximate surface area is 211 Å². The Bertz CT molecular complexity index is 1430. The molecule has 0 aliphatic carbocycles. The van der Waals surface area contributed by atoms with Crippen molar-refractivity contribution in [2.45, 2.75) is 16.7 Å². The summed E-state index contributed by atoms with van der Waals surface area (Å²) in [6, 6.07) is 20.2. The zero-order chi connectivity index (χ0) is 25.5. The van der Waals surface area contributed by atoms with Crippen LogP contribution >= 0.6 is 11.8 Å². The summed E-state index contributed by atoms with van der Waals surface area (Å²) in [6.45, 7) is -0.00984. The third-order valence-electron chi connectivity index (χ3n) is 4.85. The van der Waals surface area contributed by atoms with E-state index in [0.717, 1.165) is 11.8 Å². The highest BCUT2D eigenvalue weighted by molar-refractivity contribution is 7.99. The Kier molecular flexibility index (Phi) is 7.86. The average molecular weight is 529 g/mol. The molecule has 1 aromatic heterocycles. The van der Waals surface area contributed by atoms with E-state index in [9.17, 15) is 17.6 Å². The lowest BCUT2D eigenvalue weighted by atomic mass is 10.3. The first-order valence-corrected chi connectivity index (χ1v) is 13.0. The molecule has 0 aliphatic heterocycles. The standard InChI is InChI=1S/C24H21FN4O5S2/c1-29(19-7-3-2-4-8-19)36(31,32)21-9-5-6-18(14-21)26-22(30)16-35-24-28-27-23(34-24)15-33-20-12-10-17(25)11-13-20/h2-14H,15-16H2,1H3,(H,26,30). The first kappa shape index (κ1) is 25.2. The van der Waals surface area contributed by atoms with Gasteiger partial charge in [0.1, 0.15) is 11.6 Å². The predicted octanol–water partition coefficient (Wildman–Crippen LogP) is 4.34. The molecule has 0 radical (unpaired) electrons. The second-order valence-corrected chi connectivity index (χ2v) is 10.3. The maximum atomic E-state index is 13.0. The predicted molar refractivity (Wildman–Crippen MR) is 133 cm³/mol. The number of hydrogen-bond donors (Lipinski definition) is 1. The first-order valence-electron chi connectivity index (χ1n) is 10.6. The van der Waals surface area contributed by atoms with Crippen molar-refractivity contribution in [2.75, 3.05) is 22.4 Å². The molecular formula is C24H21FN4O5S2. The molecule has 36 heavy (non-hydrogen) atoms. The number of para-hydroxylation sites is 1. The Morgan fingerprint density at radius 3 is 2.56 bits per heavy atom. The number of nitrogens with one attached hydrogen (secondary N) is 1. The minimum atomic E-state index is -3.82. The first-order chi connectivity index (χ1) is 17.3. The number of nitrogens with zero attached hydrogens (tertiary/aromatic N) is 3. The maximum Gasteiger partial charge on any atom is 0.277 e. The van der Waals surface area contributed by atoms with Gasteiger partial charge in [0.15, 0.2) is 6.61 Å². The average Bonchev–Trinajstić information content (AvgIpc) is 3.35. The van der Waals surface area contributed by atoms with Crippen molar-refractivity contribution in [1.29, 1.82) is 0 Å². The van der Waals surface area contributed by atoms with Crippen LogP contribution in [-0.2, 0) is 21.4 Å². The van der Waals surface area contributed by atoms with E-state index in [1.807, 2.05) is 0 Å². The van der Waals surface area contributed by atoms with Gasteiger partial charge in [-0.2, -0.15) is 0 Å². The number of halogens is 1. The number of anilines is 2. The van der Waals surface area contributed by atoms with Crippen molar-refractivity contribution < 1.29 is 26.8 Å². The molecule has 0 aliphatic rings. The van der Waals surface area contributed by atoms with E-state index < -0.39 is 10.0 Å². The largest absolute Gasteiger partial charge is 0.484 e. The Balaban J connectivity index is 1.31. The van der Waals surface area contributed by atoms with Crippen LogP contribution in [0.2, 0.25) is 0 Å². The number of ether oxygens (including phenoxy) is 1. The molecular weight excluding hydrogens is 507 g/mol. The summed E-state index contributed by atoms with van der Waals surface area (Å²) in [5.74, 6) is -0.148. The van der Waals surface area contributed by atoms with Crippen molar-refractivity contribution in [1.82, 2.24) is 10.2 Å². The van der Waals surface area contributed by atoms with Crippen LogP contribution < -0.4 is 14.4 Å². The fraction of sp³-hybridized carbons (Fsp3) is 0.125. The van der Waals surface area contributed by atoms with Crippen LogP contribution in [0.1, 0.15) is 5.89 Å². The molecule has 0 atom stereocenters. The van der Waals surface area contributed by atoms with Crippen LogP contribution in [0.15, 0.2) is 93.4 Å². The van der Waals surface area contributed by atoms with Gasteiger partial charge in [-0.3, -0.25) is 9.10 Å². The summed E-state index contributed by atoms with van der Waals surface area (Å²) in [4.78, 5) is 12.5. The zero-order valence-corrected chi connectivity index (χ0v) is 20.6. The molecule has 0 fully saturated rings. The number of sulfonamides is 1. The number of rotatable bonds is 10. The Hall–Kier alpha value is -3.90. The summed E-state index contributed by atoms with van der Waals surface area (Å²) in [7, 11) is -2.35. The number of benzene rings is 3. The van der Waals surface area contributed by atoms with Gasteiger partial charge in [-0.25, -0.2) is 12.8 Å². The van der Waals surface area contributed by atoms with E-state index in [1.165, 1.54) is 47.8 Å². The van der Waals surface area contributed by atoms with Gasteiger partial charge in [-0.15, -0.1) is 10.2 Å². The monoisotopic (exact) mass is 528 g/mol. The van der Waals surface area contributed by atoms with Crippen LogP contribution in [-0.4, -0.2) is 37.3 Å². The van der Waals surface area contributed by atoms with Gasteiger partial charge in [0.05, 0.1) is 16.3 Å². The molecule has 0 unspecified atom stereocenters. The Morgan fingerprint density at radius 2 is 1.81 bits per heavy atom.